The van der Waals surface area contributed by atoms with Gasteiger partial charge in [-0.05, 0) is 31.5 Å². The van der Waals surface area contributed by atoms with E-state index in [4.69, 9.17) is 9.05 Å². The van der Waals surface area contributed by atoms with Crippen LogP contribution in [0.5, 0.6) is 0 Å². The summed E-state index contributed by atoms with van der Waals surface area (Å²) >= 11 is 0. The first-order chi connectivity index (χ1) is 15.2. The number of hydrogen-bond donors (Lipinski definition) is 2. The largest absolute Gasteiger partial charge is 0.480 e. The smallest absolute Gasteiger partial charge is 0.335 e. The third-order valence-corrected chi connectivity index (χ3v) is 6.52. The summed E-state index contributed by atoms with van der Waals surface area (Å²) in [5.41, 5.74) is 0.792. The van der Waals surface area contributed by atoms with Crippen LogP contribution in [-0.2, 0) is 31.0 Å². The van der Waals surface area contributed by atoms with Crippen LogP contribution in [-0.4, -0.2) is 41.2 Å². The summed E-state index contributed by atoms with van der Waals surface area (Å²) in [5, 5.41) is 23.0. The highest BCUT2D eigenvalue weighted by molar-refractivity contribution is 7.53. The van der Waals surface area contributed by atoms with Gasteiger partial charge in [-0.1, -0.05) is 30.3 Å². The third-order valence-electron chi connectivity index (χ3n) is 4.46. The molecule has 32 heavy (non-hydrogen) atoms. The van der Waals surface area contributed by atoms with E-state index in [1.165, 1.54) is 30.3 Å². The molecule has 0 aliphatic rings. The molecule has 2 aromatic carbocycles. The van der Waals surface area contributed by atoms with Gasteiger partial charge in [0.15, 0.2) is 0 Å². The lowest BCUT2D eigenvalue weighted by Crippen LogP contribution is -2.42. The molecular weight excluding hydrogens is 439 g/mol. The van der Waals surface area contributed by atoms with Crippen LogP contribution in [0.1, 0.15) is 35.3 Å². The summed E-state index contributed by atoms with van der Waals surface area (Å²) in [6, 6.07) is 10.5. The Kier molecular flexibility index (Phi) is 9.07. The maximum atomic E-state index is 12.6. The van der Waals surface area contributed by atoms with Gasteiger partial charge in [-0.25, -0.2) is 4.79 Å². The molecule has 0 saturated carbocycles. The zero-order valence-corrected chi connectivity index (χ0v) is 18.6. The molecule has 10 nitrogen and oxygen atoms in total. The Morgan fingerprint density at radius 1 is 1.09 bits per heavy atom. The van der Waals surface area contributed by atoms with Gasteiger partial charge in [-0.2, -0.15) is 0 Å². The zero-order valence-electron chi connectivity index (χ0n) is 17.7. The van der Waals surface area contributed by atoms with Gasteiger partial charge in [0.1, 0.15) is 6.04 Å². The van der Waals surface area contributed by atoms with Crippen molar-refractivity contribution in [1.29, 1.82) is 0 Å². The molecule has 0 fully saturated rings. The highest BCUT2D eigenvalue weighted by Crippen LogP contribution is 2.51. The van der Waals surface area contributed by atoms with E-state index in [2.05, 4.69) is 5.32 Å². The number of carbonyl (C=O) groups excluding carboxylic acids is 1. The van der Waals surface area contributed by atoms with Crippen molar-refractivity contribution in [3.8, 4) is 0 Å². The average Bonchev–Trinajstić information content (AvgIpc) is 2.74. The van der Waals surface area contributed by atoms with Crippen molar-refractivity contribution in [2.24, 2.45) is 0 Å². The fraction of sp³-hybridized carbons (Fsp3) is 0.333. The van der Waals surface area contributed by atoms with Crippen LogP contribution in [0.2, 0.25) is 0 Å². The van der Waals surface area contributed by atoms with Gasteiger partial charge in [0.05, 0.1) is 24.3 Å². The van der Waals surface area contributed by atoms with Crippen molar-refractivity contribution in [1.82, 2.24) is 5.32 Å². The Hall–Kier alpha value is -3.07. The minimum absolute atomic E-state index is 0.0337. The Morgan fingerprint density at radius 3 is 2.22 bits per heavy atom. The van der Waals surface area contributed by atoms with Crippen LogP contribution in [0, 0.1) is 10.1 Å². The number of nitrogens with zero attached hydrogens (tertiary/aromatic N) is 1. The van der Waals surface area contributed by atoms with Crippen molar-refractivity contribution in [3.05, 3.63) is 75.3 Å². The lowest BCUT2D eigenvalue weighted by Gasteiger charge is -2.17. The number of aliphatic carboxylic acids is 1. The topological polar surface area (TPSA) is 145 Å². The molecule has 0 radical (unpaired) electrons. The molecular formula is C21H25N2O8P. The number of para-hydroxylation sites is 1. The van der Waals surface area contributed by atoms with Gasteiger partial charge in [-0.15, -0.1) is 0 Å². The second-order valence-corrected chi connectivity index (χ2v) is 8.81. The number of rotatable bonds is 12. The Bertz CT molecular complexity index is 999. The van der Waals surface area contributed by atoms with Crippen molar-refractivity contribution >= 4 is 25.2 Å². The fourth-order valence-corrected chi connectivity index (χ4v) is 4.73. The minimum atomic E-state index is -3.30. The first kappa shape index (κ1) is 25.2. The number of carbonyl (C=O) groups is 2. The predicted molar refractivity (Wildman–Crippen MR) is 117 cm³/mol. The molecule has 2 aromatic rings. The van der Waals surface area contributed by atoms with E-state index in [0.29, 0.717) is 5.56 Å². The average molecular weight is 464 g/mol. The van der Waals surface area contributed by atoms with Gasteiger partial charge >= 0.3 is 13.6 Å². The van der Waals surface area contributed by atoms with Crippen molar-refractivity contribution in [2.45, 2.75) is 32.5 Å². The number of nitrogens with one attached hydrogen (secondary N) is 1. The standard InChI is InChI=1S/C21H25N2O8P/c1-3-30-32(29,31-4-2)14-15-9-11-16(12-10-15)20(24)22-18(21(25)26)13-17-7-5-6-8-19(17)23(27)28/h5-12,18H,3-4,13-14H2,1-2H3,(H,22,24)(H,25,26)/t18-/m0/s1. The van der Waals surface area contributed by atoms with Gasteiger partial charge in [0.2, 0.25) is 0 Å². The lowest BCUT2D eigenvalue weighted by atomic mass is 10.0. The van der Waals surface area contributed by atoms with Crippen molar-refractivity contribution in [2.75, 3.05) is 13.2 Å². The SMILES string of the molecule is CCOP(=O)(Cc1ccc(C(=O)N[C@@H](Cc2ccccc2[N+](=O)[O-])C(=O)O)cc1)OCC. The summed E-state index contributed by atoms with van der Waals surface area (Å²) in [7, 11) is -3.30. The molecule has 0 aliphatic carbocycles. The fourth-order valence-electron chi connectivity index (χ4n) is 3.03. The van der Waals surface area contributed by atoms with Gasteiger partial charge in [-0.3, -0.25) is 19.5 Å². The molecule has 0 saturated heterocycles. The van der Waals surface area contributed by atoms with Gasteiger partial charge in [0.25, 0.3) is 11.6 Å². The molecule has 1 atom stereocenters. The van der Waals surface area contributed by atoms with E-state index in [1.807, 2.05) is 0 Å². The van der Waals surface area contributed by atoms with Crippen LogP contribution < -0.4 is 5.32 Å². The Morgan fingerprint density at radius 2 is 1.69 bits per heavy atom. The van der Waals surface area contributed by atoms with E-state index >= 15 is 0 Å². The van der Waals surface area contributed by atoms with Crippen molar-refractivity contribution < 1.29 is 33.2 Å². The number of benzene rings is 2. The first-order valence-corrected chi connectivity index (χ1v) is 11.6. The van der Waals surface area contributed by atoms with Crippen LogP contribution in [0.3, 0.4) is 0 Å². The highest BCUT2D eigenvalue weighted by atomic mass is 31.2. The zero-order chi connectivity index (χ0) is 23.7. The molecule has 2 rings (SSSR count). The van der Waals surface area contributed by atoms with Crippen LogP contribution in [0.25, 0.3) is 0 Å². The molecule has 0 aromatic heterocycles. The number of amides is 1. The van der Waals surface area contributed by atoms with E-state index in [1.54, 1.807) is 32.0 Å². The summed E-state index contributed by atoms with van der Waals surface area (Å²) in [5.74, 6) is -1.97. The molecule has 0 bridgehead atoms. The molecule has 172 valence electrons. The van der Waals surface area contributed by atoms with Crippen LogP contribution >= 0.6 is 7.60 Å². The summed E-state index contributed by atoms with van der Waals surface area (Å²) in [4.78, 5) is 34.8. The number of carboxylic acid groups (broad SMARTS) is 1. The van der Waals surface area contributed by atoms with Crippen molar-refractivity contribution in [3.63, 3.8) is 0 Å². The predicted octanol–water partition coefficient (Wildman–Crippen LogP) is 3.79. The minimum Gasteiger partial charge on any atom is -0.480 e. The Balaban J connectivity index is 2.12. The molecule has 0 heterocycles. The normalized spacial score (nSPS) is 12.2. The lowest BCUT2D eigenvalue weighted by molar-refractivity contribution is -0.385. The van der Waals surface area contributed by atoms with Crippen LogP contribution in [0.15, 0.2) is 48.5 Å². The molecule has 0 aliphatic heterocycles. The molecule has 11 heteroatoms. The maximum absolute atomic E-state index is 12.6. The molecule has 0 spiro atoms. The van der Waals surface area contributed by atoms with E-state index in [9.17, 15) is 29.4 Å². The first-order valence-electron chi connectivity index (χ1n) is 9.92. The number of nitro groups is 1. The molecule has 2 N–H and O–H groups in total. The summed E-state index contributed by atoms with van der Waals surface area (Å²) in [6.07, 6.45) is -0.214. The molecule has 0 unspecified atom stereocenters. The van der Waals surface area contributed by atoms with E-state index in [0.717, 1.165) is 0 Å². The molecule has 1 amide bonds. The summed E-state index contributed by atoms with van der Waals surface area (Å²) in [6.45, 7) is 3.88. The third kappa shape index (κ3) is 6.98. The maximum Gasteiger partial charge on any atom is 0.335 e. The monoisotopic (exact) mass is 464 g/mol. The number of nitro benzene ring substituents is 1. The van der Waals surface area contributed by atoms with Gasteiger partial charge < -0.3 is 19.5 Å². The van der Waals surface area contributed by atoms with E-state index in [-0.39, 0.29) is 42.6 Å². The Labute approximate surface area is 185 Å². The quantitative estimate of drug-likeness (QED) is 0.274. The second-order valence-electron chi connectivity index (χ2n) is 6.76. The second kappa shape index (κ2) is 11.5. The number of hydrogen-bond acceptors (Lipinski definition) is 7. The van der Waals surface area contributed by atoms with Gasteiger partial charge in [0, 0.05) is 23.6 Å². The highest BCUT2D eigenvalue weighted by Gasteiger charge is 2.26. The van der Waals surface area contributed by atoms with Crippen LogP contribution in [0.4, 0.5) is 5.69 Å². The van der Waals surface area contributed by atoms with E-state index < -0.39 is 30.4 Å². The number of carboxylic acids is 1. The summed E-state index contributed by atoms with van der Waals surface area (Å²) < 4.78 is 23.1.